The van der Waals surface area contributed by atoms with Gasteiger partial charge in [0.15, 0.2) is 0 Å². The van der Waals surface area contributed by atoms with Crippen molar-refractivity contribution in [3.63, 3.8) is 0 Å². The van der Waals surface area contributed by atoms with Gasteiger partial charge in [0, 0.05) is 18.5 Å². The number of hydrogen-bond donors (Lipinski definition) is 1. The van der Waals surface area contributed by atoms with E-state index in [-0.39, 0.29) is 24.8 Å². The SMILES string of the molecule is COc1ccc(CC(=O)N(Cc2cccc(OC)c2)C(Cc2ccccc2)C(=O)NC(C)(C)C)cc1. The van der Waals surface area contributed by atoms with Crippen LogP contribution in [0.5, 0.6) is 11.5 Å². The molecule has 36 heavy (non-hydrogen) atoms. The largest absolute Gasteiger partial charge is 0.497 e. The van der Waals surface area contributed by atoms with Gasteiger partial charge < -0.3 is 19.7 Å². The molecule has 0 aromatic heterocycles. The van der Waals surface area contributed by atoms with Crippen LogP contribution in [-0.2, 0) is 29.0 Å². The first-order valence-electron chi connectivity index (χ1n) is 12.1. The topological polar surface area (TPSA) is 67.9 Å². The summed E-state index contributed by atoms with van der Waals surface area (Å²) in [5, 5.41) is 3.09. The summed E-state index contributed by atoms with van der Waals surface area (Å²) in [4.78, 5) is 29.1. The summed E-state index contributed by atoms with van der Waals surface area (Å²) in [5.74, 6) is 1.12. The lowest BCUT2D eigenvalue weighted by Crippen LogP contribution is -2.54. The summed E-state index contributed by atoms with van der Waals surface area (Å²) >= 11 is 0. The standard InChI is InChI=1S/C30H36N2O4/c1-30(2,3)31-29(34)27(19-22-10-7-6-8-11-22)32(21-24-12-9-13-26(18-24)36-5)28(33)20-23-14-16-25(35-4)17-15-23/h6-18,27H,19-21H2,1-5H3,(H,31,34). The molecule has 0 saturated heterocycles. The summed E-state index contributed by atoms with van der Waals surface area (Å²) in [7, 11) is 3.22. The third-order valence-corrected chi connectivity index (χ3v) is 5.77. The molecule has 0 fully saturated rings. The Morgan fingerprint density at radius 2 is 1.44 bits per heavy atom. The van der Waals surface area contributed by atoms with E-state index in [2.05, 4.69) is 5.32 Å². The van der Waals surface area contributed by atoms with E-state index in [9.17, 15) is 9.59 Å². The van der Waals surface area contributed by atoms with Crippen LogP contribution in [0.15, 0.2) is 78.9 Å². The van der Waals surface area contributed by atoms with Gasteiger partial charge in [-0.15, -0.1) is 0 Å². The Balaban J connectivity index is 1.98. The fraction of sp³-hybridized carbons (Fsp3) is 0.333. The monoisotopic (exact) mass is 488 g/mol. The number of benzene rings is 3. The van der Waals surface area contributed by atoms with Gasteiger partial charge in [-0.25, -0.2) is 0 Å². The molecule has 0 spiro atoms. The third kappa shape index (κ3) is 7.87. The first-order chi connectivity index (χ1) is 17.2. The van der Waals surface area contributed by atoms with E-state index in [1.807, 2.05) is 99.6 Å². The van der Waals surface area contributed by atoms with Gasteiger partial charge in [0.1, 0.15) is 17.5 Å². The number of nitrogens with one attached hydrogen (secondary N) is 1. The molecule has 1 unspecified atom stereocenters. The average molecular weight is 489 g/mol. The first-order valence-corrected chi connectivity index (χ1v) is 12.1. The first kappa shape index (κ1) is 26.8. The number of carbonyl (C=O) groups is 2. The van der Waals surface area contributed by atoms with Crippen molar-refractivity contribution in [3.05, 3.63) is 95.6 Å². The van der Waals surface area contributed by atoms with Crippen LogP contribution in [0, 0.1) is 0 Å². The summed E-state index contributed by atoms with van der Waals surface area (Å²) in [6, 6.07) is 24.1. The van der Waals surface area contributed by atoms with E-state index in [0.29, 0.717) is 12.2 Å². The van der Waals surface area contributed by atoms with E-state index in [0.717, 1.165) is 22.4 Å². The van der Waals surface area contributed by atoms with Crippen molar-refractivity contribution < 1.29 is 19.1 Å². The van der Waals surface area contributed by atoms with E-state index >= 15 is 0 Å². The van der Waals surface area contributed by atoms with Crippen molar-refractivity contribution in [3.8, 4) is 11.5 Å². The Kier molecular flexibility index (Phi) is 9.12. The predicted octanol–water partition coefficient (Wildman–Crippen LogP) is 4.80. The molecule has 3 aromatic carbocycles. The molecule has 0 aliphatic rings. The van der Waals surface area contributed by atoms with E-state index < -0.39 is 11.6 Å². The zero-order valence-corrected chi connectivity index (χ0v) is 21.8. The molecule has 0 heterocycles. The molecular formula is C30H36N2O4. The van der Waals surface area contributed by atoms with Crippen LogP contribution >= 0.6 is 0 Å². The number of methoxy groups -OCH3 is 2. The van der Waals surface area contributed by atoms with Crippen LogP contribution in [0.25, 0.3) is 0 Å². The molecule has 1 atom stereocenters. The Morgan fingerprint density at radius 1 is 0.806 bits per heavy atom. The summed E-state index contributed by atoms with van der Waals surface area (Å²) in [6.45, 7) is 6.10. The van der Waals surface area contributed by atoms with Crippen LogP contribution in [0.4, 0.5) is 0 Å². The average Bonchev–Trinajstić information content (AvgIpc) is 2.86. The van der Waals surface area contributed by atoms with Gasteiger partial charge in [-0.3, -0.25) is 9.59 Å². The van der Waals surface area contributed by atoms with Crippen molar-refractivity contribution in [2.75, 3.05) is 14.2 Å². The van der Waals surface area contributed by atoms with Crippen molar-refractivity contribution >= 4 is 11.8 Å². The molecule has 2 amide bonds. The van der Waals surface area contributed by atoms with Crippen molar-refractivity contribution in [2.24, 2.45) is 0 Å². The van der Waals surface area contributed by atoms with Crippen molar-refractivity contribution in [1.82, 2.24) is 10.2 Å². The Morgan fingerprint density at radius 3 is 2.06 bits per heavy atom. The van der Waals surface area contributed by atoms with Crippen LogP contribution in [0.3, 0.4) is 0 Å². The second-order valence-corrected chi connectivity index (χ2v) is 9.84. The molecule has 3 aromatic rings. The second kappa shape index (κ2) is 12.2. The number of hydrogen-bond acceptors (Lipinski definition) is 4. The predicted molar refractivity (Wildman–Crippen MR) is 142 cm³/mol. The smallest absolute Gasteiger partial charge is 0.243 e. The van der Waals surface area contributed by atoms with E-state index in [1.165, 1.54) is 0 Å². The van der Waals surface area contributed by atoms with Crippen LogP contribution in [0.1, 0.15) is 37.5 Å². The van der Waals surface area contributed by atoms with Gasteiger partial charge in [-0.1, -0.05) is 54.6 Å². The number of rotatable bonds is 10. The van der Waals surface area contributed by atoms with Gasteiger partial charge in [0.25, 0.3) is 0 Å². The van der Waals surface area contributed by atoms with Crippen LogP contribution < -0.4 is 14.8 Å². The molecular weight excluding hydrogens is 452 g/mol. The maximum atomic E-state index is 13.8. The highest BCUT2D eigenvalue weighted by molar-refractivity contribution is 5.89. The van der Waals surface area contributed by atoms with Gasteiger partial charge in [-0.05, 0) is 61.7 Å². The van der Waals surface area contributed by atoms with Gasteiger partial charge in [0.05, 0.1) is 20.6 Å². The quantitative estimate of drug-likeness (QED) is 0.445. The Hall–Kier alpha value is -3.80. The second-order valence-electron chi connectivity index (χ2n) is 9.84. The Labute approximate surface area is 214 Å². The zero-order chi connectivity index (χ0) is 26.1. The third-order valence-electron chi connectivity index (χ3n) is 5.77. The number of ether oxygens (including phenoxy) is 2. The molecule has 0 aliphatic heterocycles. The zero-order valence-electron chi connectivity index (χ0n) is 21.8. The molecule has 1 N–H and O–H groups in total. The highest BCUT2D eigenvalue weighted by Crippen LogP contribution is 2.21. The van der Waals surface area contributed by atoms with Gasteiger partial charge >= 0.3 is 0 Å². The van der Waals surface area contributed by atoms with E-state index in [1.54, 1.807) is 19.1 Å². The number of amides is 2. The van der Waals surface area contributed by atoms with Gasteiger partial charge in [-0.2, -0.15) is 0 Å². The molecule has 6 nitrogen and oxygen atoms in total. The van der Waals surface area contributed by atoms with Crippen LogP contribution in [0.2, 0.25) is 0 Å². The Bertz CT molecular complexity index is 1140. The molecule has 0 saturated carbocycles. The van der Waals surface area contributed by atoms with Crippen molar-refractivity contribution in [2.45, 2.75) is 51.7 Å². The molecule has 190 valence electrons. The minimum atomic E-state index is -0.691. The normalized spacial score (nSPS) is 11.9. The maximum absolute atomic E-state index is 13.8. The molecule has 0 radical (unpaired) electrons. The highest BCUT2D eigenvalue weighted by atomic mass is 16.5. The summed E-state index contributed by atoms with van der Waals surface area (Å²) < 4.78 is 10.6. The number of carbonyl (C=O) groups excluding carboxylic acids is 2. The summed E-state index contributed by atoms with van der Waals surface area (Å²) in [6.07, 6.45) is 0.573. The van der Waals surface area contributed by atoms with Crippen LogP contribution in [-0.4, -0.2) is 42.5 Å². The molecule has 0 bridgehead atoms. The lowest BCUT2D eigenvalue weighted by molar-refractivity contribution is -0.141. The van der Waals surface area contributed by atoms with Gasteiger partial charge in [0.2, 0.25) is 11.8 Å². The maximum Gasteiger partial charge on any atom is 0.243 e. The summed E-state index contributed by atoms with van der Waals surface area (Å²) in [5.41, 5.74) is 2.29. The molecule has 0 aliphatic carbocycles. The number of nitrogens with zero attached hydrogens (tertiary/aromatic N) is 1. The van der Waals surface area contributed by atoms with Crippen molar-refractivity contribution in [1.29, 1.82) is 0 Å². The lowest BCUT2D eigenvalue weighted by Gasteiger charge is -2.34. The molecule has 3 rings (SSSR count). The fourth-order valence-corrected chi connectivity index (χ4v) is 3.99. The fourth-order valence-electron chi connectivity index (χ4n) is 3.99. The minimum absolute atomic E-state index is 0.132. The lowest BCUT2D eigenvalue weighted by atomic mass is 9.99. The highest BCUT2D eigenvalue weighted by Gasteiger charge is 2.32. The molecule has 6 heteroatoms. The minimum Gasteiger partial charge on any atom is -0.497 e. The van der Waals surface area contributed by atoms with E-state index in [4.69, 9.17) is 9.47 Å².